The number of para-hydroxylation sites is 1. The average molecular weight is 392 g/mol. The largest absolute Gasteiger partial charge is 0.497 e. The SMILES string of the molecule is CCn1cc(C(=O)CCN2CCN(c3ccc(OC)cc3)CC2)c2ccccc21. The van der Waals surface area contributed by atoms with E-state index in [1.54, 1.807) is 7.11 Å². The number of carbonyl (C=O) groups excluding carboxylic acids is 1. The first-order chi connectivity index (χ1) is 14.2. The van der Waals surface area contributed by atoms with Crippen molar-refractivity contribution in [1.29, 1.82) is 0 Å². The second-order valence-electron chi connectivity index (χ2n) is 7.55. The van der Waals surface area contributed by atoms with Gasteiger partial charge in [0.2, 0.25) is 0 Å². The van der Waals surface area contributed by atoms with Crippen LogP contribution in [0.25, 0.3) is 10.9 Å². The van der Waals surface area contributed by atoms with Gasteiger partial charge in [-0.15, -0.1) is 0 Å². The standard InChI is InChI=1S/C24H29N3O2/c1-3-26-18-22(21-6-4-5-7-23(21)26)24(28)12-13-25-14-16-27(17-15-25)19-8-10-20(29-2)11-9-19/h4-11,18H,3,12-17H2,1-2H3. The van der Waals surface area contributed by atoms with E-state index in [2.05, 4.69) is 45.6 Å². The Kier molecular flexibility index (Phi) is 5.86. The molecule has 0 saturated carbocycles. The molecule has 1 aromatic heterocycles. The predicted octanol–water partition coefficient (Wildman–Crippen LogP) is 4.06. The van der Waals surface area contributed by atoms with Crippen molar-refractivity contribution in [3.8, 4) is 5.75 Å². The van der Waals surface area contributed by atoms with Crippen LogP contribution in [-0.4, -0.2) is 55.1 Å². The Bertz CT molecular complexity index is 969. The van der Waals surface area contributed by atoms with Crippen LogP contribution in [0.2, 0.25) is 0 Å². The molecule has 5 nitrogen and oxygen atoms in total. The van der Waals surface area contributed by atoms with Gasteiger partial charge < -0.3 is 14.2 Å². The Morgan fingerprint density at radius 1 is 1.00 bits per heavy atom. The normalized spacial score (nSPS) is 15.0. The van der Waals surface area contributed by atoms with Gasteiger partial charge in [-0.3, -0.25) is 9.69 Å². The minimum Gasteiger partial charge on any atom is -0.497 e. The lowest BCUT2D eigenvalue weighted by Gasteiger charge is -2.36. The fourth-order valence-corrected chi connectivity index (χ4v) is 4.15. The number of hydrogen-bond acceptors (Lipinski definition) is 4. The highest BCUT2D eigenvalue weighted by atomic mass is 16.5. The maximum Gasteiger partial charge on any atom is 0.166 e. The summed E-state index contributed by atoms with van der Waals surface area (Å²) in [5.41, 5.74) is 3.24. The van der Waals surface area contributed by atoms with Gasteiger partial charge in [0.25, 0.3) is 0 Å². The summed E-state index contributed by atoms with van der Waals surface area (Å²) in [6.07, 6.45) is 2.59. The molecule has 0 radical (unpaired) electrons. The van der Waals surface area contributed by atoms with E-state index in [0.29, 0.717) is 6.42 Å². The maximum absolute atomic E-state index is 12.9. The lowest BCUT2D eigenvalue weighted by Crippen LogP contribution is -2.46. The van der Waals surface area contributed by atoms with Gasteiger partial charge in [-0.05, 0) is 37.3 Å². The van der Waals surface area contributed by atoms with E-state index in [4.69, 9.17) is 4.74 Å². The fourth-order valence-electron chi connectivity index (χ4n) is 4.15. The Balaban J connectivity index is 1.33. The number of nitrogens with zero attached hydrogens (tertiary/aromatic N) is 3. The zero-order chi connectivity index (χ0) is 20.2. The molecule has 2 aromatic carbocycles. The van der Waals surface area contributed by atoms with Gasteiger partial charge in [0, 0.05) is 74.0 Å². The van der Waals surface area contributed by atoms with Crippen molar-refractivity contribution >= 4 is 22.4 Å². The summed E-state index contributed by atoms with van der Waals surface area (Å²) in [5, 5.41) is 1.07. The summed E-state index contributed by atoms with van der Waals surface area (Å²) in [4.78, 5) is 17.7. The molecule has 0 unspecified atom stereocenters. The van der Waals surface area contributed by atoms with Crippen molar-refractivity contribution in [2.75, 3.05) is 44.7 Å². The molecule has 4 rings (SSSR count). The van der Waals surface area contributed by atoms with Gasteiger partial charge in [-0.1, -0.05) is 18.2 Å². The molecule has 0 N–H and O–H groups in total. The first-order valence-corrected chi connectivity index (χ1v) is 10.4. The Hall–Kier alpha value is -2.79. The van der Waals surface area contributed by atoms with E-state index in [0.717, 1.165) is 61.5 Å². The van der Waals surface area contributed by atoms with Crippen LogP contribution >= 0.6 is 0 Å². The van der Waals surface area contributed by atoms with E-state index in [-0.39, 0.29) is 5.78 Å². The zero-order valence-electron chi connectivity index (χ0n) is 17.3. The van der Waals surface area contributed by atoms with Gasteiger partial charge in [-0.2, -0.15) is 0 Å². The smallest absolute Gasteiger partial charge is 0.166 e. The molecular formula is C24H29N3O2. The second kappa shape index (κ2) is 8.70. The molecule has 152 valence electrons. The van der Waals surface area contributed by atoms with E-state index in [9.17, 15) is 4.79 Å². The fraction of sp³-hybridized carbons (Fsp3) is 0.375. The van der Waals surface area contributed by atoms with Crippen molar-refractivity contribution in [3.05, 3.63) is 60.3 Å². The molecular weight excluding hydrogens is 362 g/mol. The van der Waals surface area contributed by atoms with Gasteiger partial charge in [0.1, 0.15) is 5.75 Å². The van der Waals surface area contributed by atoms with E-state index in [1.165, 1.54) is 5.69 Å². The number of carbonyl (C=O) groups is 1. The van der Waals surface area contributed by atoms with Crippen LogP contribution in [0.4, 0.5) is 5.69 Å². The van der Waals surface area contributed by atoms with Crippen LogP contribution in [-0.2, 0) is 6.54 Å². The second-order valence-corrected chi connectivity index (χ2v) is 7.55. The van der Waals surface area contributed by atoms with Crippen molar-refractivity contribution in [2.24, 2.45) is 0 Å². The lowest BCUT2D eigenvalue weighted by molar-refractivity contribution is 0.0964. The number of methoxy groups -OCH3 is 1. The van der Waals surface area contributed by atoms with Crippen molar-refractivity contribution in [2.45, 2.75) is 19.9 Å². The van der Waals surface area contributed by atoms with Crippen molar-refractivity contribution in [1.82, 2.24) is 9.47 Å². The number of Topliss-reactive ketones (excluding diaryl/α,β-unsaturated/α-hetero) is 1. The third kappa shape index (κ3) is 4.15. The predicted molar refractivity (Wildman–Crippen MR) is 118 cm³/mol. The molecule has 3 aromatic rings. The number of ether oxygens (including phenoxy) is 1. The highest BCUT2D eigenvalue weighted by Gasteiger charge is 2.20. The van der Waals surface area contributed by atoms with Crippen LogP contribution in [0.5, 0.6) is 5.75 Å². The number of rotatable bonds is 7. The van der Waals surface area contributed by atoms with E-state index < -0.39 is 0 Å². The lowest BCUT2D eigenvalue weighted by atomic mass is 10.1. The van der Waals surface area contributed by atoms with Crippen molar-refractivity contribution in [3.63, 3.8) is 0 Å². The van der Waals surface area contributed by atoms with E-state index in [1.807, 2.05) is 30.5 Å². The number of benzene rings is 2. The van der Waals surface area contributed by atoms with Crippen molar-refractivity contribution < 1.29 is 9.53 Å². The molecule has 1 aliphatic rings. The number of ketones is 1. The van der Waals surface area contributed by atoms with Crippen LogP contribution < -0.4 is 9.64 Å². The average Bonchev–Trinajstić information content (AvgIpc) is 3.17. The number of aromatic nitrogens is 1. The first-order valence-electron chi connectivity index (χ1n) is 10.4. The highest BCUT2D eigenvalue weighted by molar-refractivity contribution is 6.08. The minimum atomic E-state index is 0.242. The maximum atomic E-state index is 12.9. The number of hydrogen-bond donors (Lipinski definition) is 0. The van der Waals surface area contributed by atoms with Crippen LogP contribution in [0.3, 0.4) is 0 Å². The zero-order valence-corrected chi connectivity index (χ0v) is 17.3. The third-order valence-corrected chi connectivity index (χ3v) is 5.89. The Morgan fingerprint density at radius 3 is 2.41 bits per heavy atom. The van der Waals surface area contributed by atoms with Gasteiger partial charge in [0.05, 0.1) is 7.11 Å². The first kappa shape index (κ1) is 19.5. The topological polar surface area (TPSA) is 37.7 Å². The van der Waals surface area contributed by atoms with Gasteiger partial charge in [0.15, 0.2) is 5.78 Å². The number of aryl methyl sites for hydroxylation is 1. The van der Waals surface area contributed by atoms with Crippen LogP contribution in [0.15, 0.2) is 54.7 Å². The minimum absolute atomic E-state index is 0.242. The summed E-state index contributed by atoms with van der Waals surface area (Å²) in [6, 6.07) is 16.4. The third-order valence-electron chi connectivity index (χ3n) is 5.89. The summed E-state index contributed by atoms with van der Waals surface area (Å²) >= 11 is 0. The molecule has 1 fully saturated rings. The van der Waals surface area contributed by atoms with E-state index >= 15 is 0 Å². The van der Waals surface area contributed by atoms with Gasteiger partial charge in [-0.25, -0.2) is 0 Å². The molecule has 0 atom stereocenters. The molecule has 0 aliphatic carbocycles. The molecule has 1 aliphatic heterocycles. The molecule has 2 heterocycles. The summed E-state index contributed by atoms with van der Waals surface area (Å²) in [5.74, 6) is 1.13. The molecule has 0 amide bonds. The summed E-state index contributed by atoms with van der Waals surface area (Å²) < 4.78 is 7.40. The number of anilines is 1. The Morgan fingerprint density at radius 2 is 1.72 bits per heavy atom. The number of piperazine rings is 1. The highest BCUT2D eigenvalue weighted by Crippen LogP contribution is 2.23. The molecule has 0 spiro atoms. The summed E-state index contributed by atoms with van der Waals surface area (Å²) in [7, 11) is 1.69. The molecule has 0 bridgehead atoms. The van der Waals surface area contributed by atoms with Gasteiger partial charge >= 0.3 is 0 Å². The number of fused-ring (bicyclic) bond motifs is 1. The quantitative estimate of drug-likeness (QED) is 0.569. The molecule has 5 heteroatoms. The van der Waals surface area contributed by atoms with Crippen LogP contribution in [0.1, 0.15) is 23.7 Å². The molecule has 29 heavy (non-hydrogen) atoms. The monoisotopic (exact) mass is 391 g/mol. The summed E-state index contributed by atoms with van der Waals surface area (Å²) in [6.45, 7) is 7.74. The molecule has 1 saturated heterocycles. The Labute approximate surface area is 172 Å². The van der Waals surface area contributed by atoms with Crippen LogP contribution in [0, 0.1) is 0 Å².